The standard InChI is InChI=1S/C20H33N3O5S.C4H6O6/c1-3-7-16-19-17(23(20(16)25)29(2,26)27)9-11-22(19)18(24)8-5-4-6-10-21-12-14-28-15-13-21;5-1(3(7)8)2(6)4(9)10/h9,16,19H,3-8,10-15H2,1-2H3;1-2,5-6H,(H,7,8)(H,9,10)/t16-,19-;/m1./s1. The lowest BCUT2D eigenvalue weighted by molar-refractivity contribution is -0.165. The van der Waals surface area contributed by atoms with Gasteiger partial charge in [-0.2, -0.15) is 0 Å². The Morgan fingerprint density at radius 1 is 1.05 bits per heavy atom. The van der Waals surface area contributed by atoms with Crippen molar-refractivity contribution in [3.8, 4) is 0 Å². The van der Waals surface area contributed by atoms with Gasteiger partial charge >= 0.3 is 11.9 Å². The van der Waals surface area contributed by atoms with Gasteiger partial charge in [0.15, 0.2) is 12.2 Å². The summed E-state index contributed by atoms with van der Waals surface area (Å²) < 4.78 is 30.5. The number of ether oxygens (including phenoxy) is 1. The molecule has 3 aliphatic rings. The van der Waals surface area contributed by atoms with Crippen LogP contribution in [-0.2, 0) is 33.9 Å². The van der Waals surface area contributed by atoms with Gasteiger partial charge in [0.2, 0.25) is 21.8 Å². The van der Waals surface area contributed by atoms with Crippen LogP contribution >= 0.6 is 0 Å². The number of fused-ring (bicyclic) bond motifs is 1. The van der Waals surface area contributed by atoms with Crippen LogP contribution in [0.3, 0.4) is 0 Å². The zero-order valence-electron chi connectivity index (χ0n) is 22.3. The zero-order chi connectivity index (χ0) is 29.3. The van der Waals surface area contributed by atoms with Crippen LogP contribution in [0.4, 0.5) is 0 Å². The first-order valence-electron chi connectivity index (χ1n) is 13.0. The van der Waals surface area contributed by atoms with Crippen molar-refractivity contribution in [2.24, 2.45) is 5.92 Å². The van der Waals surface area contributed by atoms with Gasteiger partial charge in [0.25, 0.3) is 0 Å². The summed E-state index contributed by atoms with van der Waals surface area (Å²) in [4.78, 5) is 49.2. The van der Waals surface area contributed by atoms with Crippen LogP contribution in [-0.4, -0.2) is 131 Å². The first kappa shape index (κ1) is 32.6. The molecule has 15 heteroatoms. The molecule has 222 valence electrons. The monoisotopic (exact) mass is 577 g/mol. The number of carboxylic acids is 2. The van der Waals surface area contributed by atoms with E-state index in [1.54, 1.807) is 11.0 Å². The molecule has 4 atom stereocenters. The number of unbranched alkanes of at least 4 members (excludes halogenated alkanes) is 2. The molecule has 0 saturated carbocycles. The Balaban J connectivity index is 0.000000455. The van der Waals surface area contributed by atoms with Gasteiger partial charge < -0.3 is 30.1 Å². The fourth-order valence-corrected chi connectivity index (χ4v) is 5.88. The topological polar surface area (TPSA) is 202 Å². The van der Waals surface area contributed by atoms with Gasteiger partial charge in [-0.3, -0.25) is 14.5 Å². The van der Waals surface area contributed by atoms with Gasteiger partial charge in [0.1, 0.15) is 0 Å². The lowest BCUT2D eigenvalue weighted by Gasteiger charge is -2.27. The molecular weight excluding hydrogens is 538 g/mol. The lowest BCUT2D eigenvalue weighted by Crippen LogP contribution is -2.41. The SMILES string of the molecule is CCC[C@H]1C(=O)N(S(C)(=O)=O)C2=CCN(C(=O)CCCCCN3CCOCC3)[C@@H]21.O=C(O)C(O)C(O)C(=O)O. The molecule has 0 aromatic carbocycles. The van der Waals surface area contributed by atoms with Gasteiger partial charge in [-0.05, 0) is 31.9 Å². The summed E-state index contributed by atoms with van der Waals surface area (Å²) in [5.74, 6) is -4.39. The van der Waals surface area contributed by atoms with Crippen LogP contribution in [0.15, 0.2) is 11.8 Å². The van der Waals surface area contributed by atoms with Crippen LogP contribution in [0.1, 0.15) is 45.4 Å². The van der Waals surface area contributed by atoms with E-state index in [1.165, 1.54) is 0 Å². The van der Waals surface area contributed by atoms with Gasteiger partial charge in [-0.15, -0.1) is 0 Å². The molecule has 14 nitrogen and oxygen atoms in total. The normalized spacial score (nSPS) is 23.0. The average molecular weight is 578 g/mol. The smallest absolute Gasteiger partial charge is 0.335 e. The second kappa shape index (κ2) is 14.7. The molecule has 2 amide bonds. The molecule has 2 fully saturated rings. The summed E-state index contributed by atoms with van der Waals surface area (Å²) in [6, 6.07) is -0.432. The summed E-state index contributed by atoms with van der Waals surface area (Å²) >= 11 is 0. The molecule has 4 N–H and O–H groups in total. The minimum absolute atomic E-state index is 0.0110. The second-order valence-corrected chi connectivity index (χ2v) is 11.5. The minimum Gasteiger partial charge on any atom is -0.479 e. The molecule has 3 rings (SSSR count). The number of sulfonamides is 1. The Labute approximate surface area is 227 Å². The van der Waals surface area contributed by atoms with Crippen molar-refractivity contribution in [3.05, 3.63) is 11.8 Å². The van der Waals surface area contributed by atoms with Crippen molar-refractivity contribution < 1.29 is 52.8 Å². The number of hydrogen-bond acceptors (Lipinski definition) is 10. The van der Waals surface area contributed by atoms with E-state index in [2.05, 4.69) is 4.90 Å². The maximum Gasteiger partial charge on any atom is 0.335 e. The van der Waals surface area contributed by atoms with Gasteiger partial charge in [-0.1, -0.05) is 19.8 Å². The quantitative estimate of drug-likeness (QED) is 0.208. The maximum absolute atomic E-state index is 12.9. The molecule has 2 unspecified atom stereocenters. The number of carboxylic acid groups (broad SMARTS) is 2. The van der Waals surface area contributed by atoms with Crippen LogP contribution in [0.25, 0.3) is 0 Å². The highest BCUT2D eigenvalue weighted by molar-refractivity contribution is 7.89. The third kappa shape index (κ3) is 8.70. The largest absolute Gasteiger partial charge is 0.479 e. The van der Waals surface area contributed by atoms with E-state index in [-0.39, 0.29) is 5.91 Å². The van der Waals surface area contributed by atoms with E-state index >= 15 is 0 Å². The number of amides is 2. The Kier molecular flexibility index (Phi) is 12.3. The molecule has 0 radical (unpaired) electrons. The van der Waals surface area contributed by atoms with Crippen molar-refractivity contribution in [2.75, 3.05) is 45.6 Å². The summed E-state index contributed by atoms with van der Waals surface area (Å²) in [7, 11) is -3.68. The number of nitrogens with zero attached hydrogens (tertiary/aromatic N) is 3. The molecule has 3 aliphatic heterocycles. The van der Waals surface area contributed by atoms with E-state index in [9.17, 15) is 27.6 Å². The number of carbonyl (C=O) groups is 4. The van der Waals surface area contributed by atoms with Gasteiger partial charge in [-0.25, -0.2) is 22.3 Å². The molecule has 3 heterocycles. The Morgan fingerprint density at radius 3 is 2.15 bits per heavy atom. The first-order valence-corrected chi connectivity index (χ1v) is 14.8. The fourth-order valence-electron chi connectivity index (χ4n) is 4.86. The predicted octanol–water partition coefficient (Wildman–Crippen LogP) is -0.931. The fraction of sp³-hybridized carbons (Fsp3) is 0.750. The number of aliphatic carboxylic acids is 2. The summed E-state index contributed by atoms with van der Waals surface area (Å²) in [5, 5.41) is 32.5. The van der Waals surface area contributed by atoms with Crippen molar-refractivity contribution in [1.29, 1.82) is 0 Å². The third-order valence-electron chi connectivity index (χ3n) is 6.79. The van der Waals surface area contributed by atoms with Crippen LogP contribution in [0, 0.1) is 5.92 Å². The summed E-state index contributed by atoms with van der Waals surface area (Å²) in [6.45, 7) is 6.94. The molecule has 0 bridgehead atoms. The number of carbonyl (C=O) groups excluding carboxylic acids is 2. The van der Waals surface area contributed by atoms with E-state index in [0.717, 1.165) is 69.1 Å². The Bertz CT molecular complexity index is 1010. The lowest BCUT2D eigenvalue weighted by atomic mass is 9.96. The predicted molar refractivity (Wildman–Crippen MR) is 137 cm³/mol. The maximum atomic E-state index is 12.9. The highest BCUT2D eigenvalue weighted by Gasteiger charge is 2.53. The van der Waals surface area contributed by atoms with Crippen molar-refractivity contribution >= 4 is 33.8 Å². The molecule has 0 spiro atoms. The molecular formula is C24H39N3O11S. The third-order valence-corrected chi connectivity index (χ3v) is 7.85. The zero-order valence-corrected chi connectivity index (χ0v) is 23.1. The number of aliphatic hydroxyl groups excluding tert-OH is 2. The van der Waals surface area contributed by atoms with Crippen LogP contribution in [0.5, 0.6) is 0 Å². The number of morpholine rings is 1. The van der Waals surface area contributed by atoms with E-state index in [1.807, 2.05) is 6.92 Å². The van der Waals surface area contributed by atoms with E-state index < -0.39 is 52.0 Å². The van der Waals surface area contributed by atoms with Gasteiger partial charge in [0.05, 0.1) is 37.1 Å². The number of hydrogen-bond donors (Lipinski definition) is 4. The molecule has 2 saturated heterocycles. The summed E-state index contributed by atoms with van der Waals surface area (Å²) in [5.41, 5.74) is 0.469. The van der Waals surface area contributed by atoms with Crippen molar-refractivity contribution in [2.45, 2.75) is 63.7 Å². The highest BCUT2D eigenvalue weighted by atomic mass is 32.2. The second-order valence-electron chi connectivity index (χ2n) is 9.71. The van der Waals surface area contributed by atoms with Crippen LogP contribution < -0.4 is 0 Å². The van der Waals surface area contributed by atoms with Crippen molar-refractivity contribution in [1.82, 2.24) is 14.1 Å². The number of aliphatic hydroxyl groups is 2. The Morgan fingerprint density at radius 2 is 1.64 bits per heavy atom. The van der Waals surface area contributed by atoms with Crippen LogP contribution in [0.2, 0.25) is 0 Å². The highest BCUT2D eigenvalue weighted by Crippen LogP contribution is 2.40. The summed E-state index contributed by atoms with van der Waals surface area (Å²) in [6.07, 6.45) is 2.88. The van der Waals surface area contributed by atoms with E-state index in [0.29, 0.717) is 25.1 Å². The minimum atomic E-state index is -3.68. The molecule has 39 heavy (non-hydrogen) atoms. The molecule has 0 aromatic rings. The van der Waals surface area contributed by atoms with Gasteiger partial charge in [0, 0.05) is 26.1 Å². The van der Waals surface area contributed by atoms with E-state index in [4.69, 9.17) is 25.2 Å². The number of rotatable bonds is 12. The Hall–Kier alpha value is -2.59. The molecule has 0 aliphatic carbocycles. The van der Waals surface area contributed by atoms with Crippen molar-refractivity contribution in [3.63, 3.8) is 0 Å². The average Bonchev–Trinajstić information content (AvgIpc) is 3.41. The molecule has 0 aromatic heterocycles. The first-order chi connectivity index (χ1) is 18.3.